The molecule has 1 saturated carbocycles. The van der Waals surface area contributed by atoms with Gasteiger partial charge in [0.05, 0.1) is 11.4 Å². The van der Waals surface area contributed by atoms with Gasteiger partial charge in [-0.1, -0.05) is 18.2 Å². The quantitative estimate of drug-likeness (QED) is 0.693. The van der Waals surface area contributed by atoms with E-state index in [2.05, 4.69) is 25.2 Å². The molecule has 1 aliphatic rings. The number of nitrogens with zero attached hydrogens (tertiary/aromatic N) is 2. The molecule has 1 heterocycles. The molecule has 0 unspecified atom stereocenters. The zero-order valence-electron chi connectivity index (χ0n) is 11.4. The molecule has 1 aromatic carbocycles. The van der Waals surface area contributed by atoms with E-state index in [9.17, 15) is 8.42 Å². The van der Waals surface area contributed by atoms with Crippen LogP contribution in [0.5, 0.6) is 0 Å². The number of rotatable bonds is 7. The van der Waals surface area contributed by atoms with Gasteiger partial charge in [0.15, 0.2) is 0 Å². The predicted molar refractivity (Wildman–Crippen MR) is 76.7 cm³/mol. The van der Waals surface area contributed by atoms with E-state index in [1.165, 1.54) is 19.2 Å². The third kappa shape index (κ3) is 3.66. The molecule has 0 aliphatic heterocycles. The molecule has 1 fully saturated rings. The Hall–Kier alpha value is -1.77. The minimum absolute atomic E-state index is 0.0900. The highest BCUT2D eigenvalue weighted by Gasteiger charge is 2.22. The van der Waals surface area contributed by atoms with Crippen LogP contribution in [0.25, 0.3) is 0 Å². The molecule has 8 heteroatoms. The smallest absolute Gasteiger partial charge is 0.241 e. The van der Waals surface area contributed by atoms with Crippen molar-refractivity contribution in [3.05, 3.63) is 42.0 Å². The second-order valence-electron chi connectivity index (χ2n) is 5.02. The summed E-state index contributed by atoms with van der Waals surface area (Å²) in [7, 11) is -3.57. The molecular weight excluding hydrogens is 290 g/mol. The number of H-pyrrole nitrogens is 1. The van der Waals surface area contributed by atoms with Gasteiger partial charge >= 0.3 is 0 Å². The van der Waals surface area contributed by atoms with E-state index in [0.29, 0.717) is 23.3 Å². The first-order chi connectivity index (χ1) is 10.1. The largest absolute Gasteiger partial charge is 0.310 e. The Morgan fingerprint density at radius 1 is 1.24 bits per heavy atom. The van der Waals surface area contributed by atoms with Crippen molar-refractivity contribution in [2.24, 2.45) is 0 Å². The second-order valence-corrected chi connectivity index (χ2v) is 6.75. The monoisotopic (exact) mass is 307 g/mol. The first kappa shape index (κ1) is 14.2. The SMILES string of the molecule is O=S(=O)(NCc1ncn[nH]1)c1ccccc1CNC1CC1. The summed E-state index contributed by atoms with van der Waals surface area (Å²) in [5.74, 6) is 0.479. The molecule has 0 bridgehead atoms. The Labute approximate surface area is 123 Å². The number of nitrogens with one attached hydrogen (secondary N) is 3. The number of benzene rings is 1. The number of aromatic nitrogens is 3. The lowest BCUT2D eigenvalue weighted by Gasteiger charge is -2.11. The lowest BCUT2D eigenvalue weighted by atomic mass is 10.2. The maximum absolute atomic E-state index is 12.4. The van der Waals surface area contributed by atoms with Crippen molar-refractivity contribution in [2.45, 2.75) is 36.9 Å². The Morgan fingerprint density at radius 2 is 2.05 bits per heavy atom. The summed E-state index contributed by atoms with van der Waals surface area (Å²) in [6, 6.07) is 7.55. The number of hydrogen-bond acceptors (Lipinski definition) is 5. The standard InChI is InChI=1S/C13H17N5O2S/c19-21(20,17-8-13-15-9-16-18-13)12-4-2-1-3-10(12)7-14-11-5-6-11/h1-4,9,11,14,17H,5-8H2,(H,15,16,18). The second kappa shape index (κ2) is 5.92. The molecule has 0 amide bonds. The van der Waals surface area contributed by atoms with Gasteiger partial charge in [-0.2, -0.15) is 5.10 Å². The summed E-state index contributed by atoms with van der Waals surface area (Å²) in [6.45, 7) is 0.650. The Balaban J connectivity index is 1.73. The van der Waals surface area contributed by atoms with Crippen LogP contribution in [0.4, 0.5) is 0 Å². The molecule has 0 radical (unpaired) electrons. The zero-order chi connectivity index (χ0) is 14.7. The van der Waals surface area contributed by atoms with Gasteiger partial charge in [-0.25, -0.2) is 18.1 Å². The van der Waals surface area contributed by atoms with Crippen molar-refractivity contribution in [3.8, 4) is 0 Å². The van der Waals surface area contributed by atoms with Crippen LogP contribution in [0.1, 0.15) is 24.2 Å². The molecule has 0 atom stereocenters. The average molecular weight is 307 g/mol. The van der Waals surface area contributed by atoms with Crippen molar-refractivity contribution < 1.29 is 8.42 Å². The van der Waals surface area contributed by atoms with Crippen molar-refractivity contribution in [2.75, 3.05) is 0 Å². The van der Waals surface area contributed by atoms with Gasteiger partial charge in [-0.05, 0) is 24.5 Å². The van der Waals surface area contributed by atoms with Crippen LogP contribution in [0.15, 0.2) is 35.5 Å². The van der Waals surface area contributed by atoms with Gasteiger partial charge in [-0.15, -0.1) is 0 Å². The van der Waals surface area contributed by atoms with Crippen LogP contribution in [-0.4, -0.2) is 29.6 Å². The highest BCUT2D eigenvalue weighted by Crippen LogP contribution is 2.21. The van der Waals surface area contributed by atoms with E-state index in [1.54, 1.807) is 12.1 Å². The fourth-order valence-electron chi connectivity index (χ4n) is 2.01. The molecule has 7 nitrogen and oxygen atoms in total. The lowest BCUT2D eigenvalue weighted by molar-refractivity contribution is 0.576. The number of hydrogen-bond donors (Lipinski definition) is 3. The molecule has 1 aromatic heterocycles. The van der Waals surface area contributed by atoms with Crippen molar-refractivity contribution in [1.82, 2.24) is 25.2 Å². The summed E-state index contributed by atoms with van der Waals surface area (Å²) < 4.78 is 27.3. The molecule has 0 spiro atoms. The minimum atomic E-state index is -3.57. The average Bonchev–Trinajstić information content (AvgIpc) is 3.17. The number of sulfonamides is 1. The van der Waals surface area contributed by atoms with E-state index < -0.39 is 10.0 Å². The fraction of sp³-hybridized carbons (Fsp3) is 0.385. The van der Waals surface area contributed by atoms with E-state index in [-0.39, 0.29) is 6.54 Å². The topological polar surface area (TPSA) is 99.8 Å². The molecule has 3 rings (SSSR count). The Morgan fingerprint density at radius 3 is 2.76 bits per heavy atom. The number of aromatic amines is 1. The molecule has 3 N–H and O–H groups in total. The van der Waals surface area contributed by atoms with Crippen LogP contribution in [0.3, 0.4) is 0 Å². The van der Waals surface area contributed by atoms with Gasteiger partial charge in [0.1, 0.15) is 12.2 Å². The van der Waals surface area contributed by atoms with E-state index in [1.807, 2.05) is 12.1 Å². The van der Waals surface area contributed by atoms with E-state index in [0.717, 1.165) is 5.56 Å². The van der Waals surface area contributed by atoms with Crippen LogP contribution in [0.2, 0.25) is 0 Å². The van der Waals surface area contributed by atoms with Gasteiger partial charge in [0.25, 0.3) is 0 Å². The van der Waals surface area contributed by atoms with Crippen LogP contribution in [0, 0.1) is 0 Å². The first-order valence-corrected chi connectivity index (χ1v) is 8.29. The highest BCUT2D eigenvalue weighted by molar-refractivity contribution is 7.89. The summed E-state index contributed by atoms with van der Waals surface area (Å²) in [6.07, 6.45) is 3.68. The molecule has 112 valence electrons. The molecule has 0 saturated heterocycles. The van der Waals surface area contributed by atoms with E-state index >= 15 is 0 Å². The van der Waals surface area contributed by atoms with Crippen LogP contribution < -0.4 is 10.0 Å². The first-order valence-electron chi connectivity index (χ1n) is 6.80. The zero-order valence-corrected chi connectivity index (χ0v) is 12.2. The van der Waals surface area contributed by atoms with Crippen molar-refractivity contribution >= 4 is 10.0 Å². The summed E-state index contributed by atoms with van der Waals surface area (Å²) in [4.78, 5) is 4.20. The van der Waals surface area contributed by atoms with Gasteiger partial charge in [-0.3, -0.25) is 5.10 Å². The van der Waals surface area contributed by atoms with Crippen molar-refractivity contribution in [1.29, 1.82) is 0 Å². The van der Waals surface area contributed by atoms with Gasteiger partial charge in [0, 0.05) is 12.6 Å². The Kier molecular flexibility index (Phi) is 4.00. The van der Waals surface area contributed by atoms with E-state index in [4.69, 9.17) is 0 Å². The summed E-state index contributed by atoms with van der Waals surface area (Å²) in [5, 5.41) is 9.65. The van der Waals surface area contributed by atoms with Gasteiger partial charge < -0.3 is 5.32 Å². The maximum Gasteiger partial charge on any atom is 0.241 e. The minimum Gasteiger partial charge on any atom is -0.310 e. The van der Waals surface area contributed by atoms with Crippen molar-refractivity contribution in [3.63, 3.8) is 0 Å². The summed E-state index contributed by atoms with van der Waals surface area (Å²) >= 11 is 0. The Bertz CT molecular complexity index is 695. The van der Waals surface area contributed by atoms with Crippen LogP contribution >= 0.6 is 0 Å². The summed E-state index contributed by atoms with van der Waals surface area (Å²) in [5.41, 5.74) is 0.773. The third-order valence-corrected chi connectivity index (χ3v) is 4.82. The van der Waals surface area contributed by atoms with Crippen LogP contribution in [-0.2, 0) is 23.1 Å². The fourth-order valence-corrected chi connectivity index (χ4v) is 3.24. The molecule has 1 aliphatic carbocycles. The normalized spacial score (nSPS) is 15.2. The molecule has 2 aromatic rings. The third-order valence-electron chi connectivity index (χ3n) is 3.32. The maximum atomic E-state index is 12.4. The predicted octanol–water partition coefficient (Wildman–Crippen LogP) is 0.535. The highest BCUT2D eigenvalue weighted by atomic mass is 32.2. The van der Waals surface area contributed by atoms with Gasteiger partial charge in [0.2, 0.25) is 10.0 Å². The molecular formula is C13H17N5O2S. The lowest BCUT2D eigenvalue weighted by Crippen LogP contribution is -2.26. The molecule has 21 heavy (non-hydrogen) atoms.